The smallest absolute Gasteiger partial charge is 0.277 e. The molecule has 1 atom stereocenters. The highest BCUT2D eigenvalue weighted by Crippen LogP contribution is 2.35. The number of aromatic nitrogens is 2. The zero-order valence-corrected chi connectivity index (χ0v) is 16.1. The molecule has 0 aliphatic heterocycles. The highest BCUT2D eigenvalue weighted by molar-refractivity contribution is 8.00. The molecule has 0 bridgehead atoms. The van der Waals surface area contributed by atoms with Crippen LogP contribution in [0.1, 0.15) is 39.0 Å². The van der Waals surface area contributed by atoms with Crippen LogP contribution in [0.2, 0.25) is 0 Å². The number of halogens is 1. The van der Waals surface area contributed by atoms with Crippen molar-refractivity contribution in [2.24, 2.45) is 0 Å². The van der Waals surface area contributed by atoms with Crippen LogP contribution < -0.4 is 0 Å². The van der Waals surface area contributed by atoms with Gasteiger partial charge in [0.05, 0.1) is 16.9 Å². The first kappa shape index (κ1) is 19.4. The van der Waals surface area contributed by atoms with Crippen molar-refractivity contribution in [2.45, 2.75) is 55.0 Å². The topological polar surface area (TPSA) is 83.0 Å². The second-order valence-electron chi connectivity index (χ2n) is 6.71. The maximum atomic E-state index is 13.8. The Kier molecular flexibility index (Phi) is 5.80. The fraction of sp³-hybridized carbons (Fsp3) is 0.474. The second-order valence-corrected chi connectivity index (χ2v) is 8.01. The SMILES string of the molecule is C[C@@H](Sc1nnc(-c2ccccc2F)o1)C(=O)N(C)C1(C#N)CCCCC1. The molecule has 142 valence electrons. The molecule has 27 heavy (non-hydrogen) atoms. The van der Waals surface area contributed by atoms with Gasteiger partial charge in [-0.1, -0.05) is 43.2 Å². The Morgan fingerprint density at radius 3 is 2.70 bits per heavy atom. The van der Waals surface area contributed by atoms with E-state index < -0.39 is 16.6 Å². The van der Waals surface area contributed by atoms with Crippen LogP contribution in [0.4, 0.5) is 4.39 Å². The van der Waals surface area contributed by atoms with Gasteiger partial charge in [-0.05, 0) is 31.9 Å². The molecule has 0 spiro atoms. The molecule has 3 rings (SSSR count). The highest BCUT2D eigenvalue weighted by Gasteiger charge is 2.40. The van der Waals surface area contributed by atoms with E-state index >= 15 is 0 Å². The van der Waals surface area contributed by atoms with Crippen molar-refractivity contribution in [2.75, 3.05) is 7.05 Å². The largest absolute Gasteiger partial charge is 0.411 e. The van der Waals surface area contributed by atoms with Gasteiger partial charge in [-0.2, -0.15) is 5.26 Å². The summed E-state index contributed by atoms with van der Waals surface area (Å²) in [6, 6.07) is 8.49. The van der Waals surface area contributed by atoms with Gasteiger partial charge in [0.15, 0.2) is 0 Å². The lowest BCUT2D eigenvalue weighted by Gasteiger charge is -2.39. The molecule has 0 radical (unpaired) electrons. The summed E-state index contributed by atoms with van der Waals surface area (Å²) < 4.78 is 19.4. The normalized spacial score (nSPS) is 17.1. The molecule has 1 aliphatic carbocycles. The minimum atomic E-state index is -0.739. The highest BCUT2D eigenvalue weighted by atomic mass is 32.2. The molecule has 1 aliphatic rings. The molecular weight excluding hydrogens is 367 g/mol. The number of nitrogens with zero attached hydrogens (tertiary/aromatic N) is 4. The van der Waals surface area contributed by atoms with E-state index in [4.69, 9.17) is 4.42 Å². The number of amides is 1. The summed E-state index contributed by atoms with van der Waals surface area (Å²) in [5, 5.41) is 17.1. The maximum Gasteiger partial charge on any atom is 0.277 e. The van der Waals surface area contributed by atoms with Crippen molar-refractivity contribution in [3.05, 3.63) is 30.1 Å². The lowest BCUT2D eigenvalue weighted by atomic mass is 9.81. The molecule has 0 saturated heterocycles. The summed E-state index contributed by atoms with van der Waals surface area (Å²) in [5.74, 6) is -0.534. The van der Waals surface area contributed by atoms with Gasteiger partial charge in [-0.3, -0.25) is 4.79 Å². The average molecular weight is 388 g/mol. The van der Waals surface area contributed by atoms with Crippen LogP contribution in [0.15, 0.2) is 33.9 Å². The minimum Gasteiger partial charge on any atom is -0.411 e. The first-order valence-electron chi connectivity index (χ1n) is 8.91. The molecule has 6 nitrogen and oxygen atoms in total. The van der Waals surface area contributed by atoms with Gasteiger partial charge in [0, 0.05) is 7.05 Å². The van der Waals surface area contributed by atoms with Gasteiger partial charge in [0.25, 0.3) is 11.1 Å². The predicted octanol–water partition coefficient (Wildman–Crippen LogP) is 4.04. The molecule has 1 saturated carbocycles. The summed E-state index contributed by atoms with van der Waals surface area (Å²) in [7, 11) is 1.69. The van der Waals surface area contributed by atoms with E-state index in [9.17, 15) is 14.4 Å². The summed E-state index contributed by atoms with van der Waals surface area (Å²) in [5.41, 5.74) is -0.518. The number of rotatable bonds is 5. The minimum absolute atomic E-state index is 0.0735. The maximum absolute atomic E-state index is 13.8. The molecular formula is C19H21FN4O2S. The number of hydrogen-bond acceptors (Lipinski definition) is 6. The van der Waals surface area contributed by atoms with Gasteiger partial charge in [0.2, 0.25) is 5.91 Å². The third-order valence-electron chi connectivity index (χ3n) is 5.00. The molecule has 0 unspecified atom stereocenters. The summed E-state index contributed by atoms with van der Waals surface area (Å²) in [6.07, 6.45) is 4.38. The Labute approximate surface area is 161 Å². The van der Waals surface area contributed by atoms with Crippen molar-refractivity contribution in [1.82, 2.24) is 15.1 Å². The summed E-state index contributed by atoms with van der Waals surface area (Å²) in [4.78, 5) is 14.4. The molecule has 1 aromatic carbocycles. The van der Waals surface area contributed by atoms with Crippen LogP contribution in [0.3, 0.4) is 0 Å². The van der Waals surface area contributed by atoms with Crippen molar-refractivity contribution in [1.29, 1.82) is 5.26 Å². The monoisotopic (exact) mass is 388 g/mol. The molecule has 1 fully saturated rings. The van der Waals surface area contributed by atoms with E-state index in [1.54, 1.807) is 37.1 Å². The Morgan fingerprint density at radius 1 is 1.33 bits per heavy atom. The predicted molar refractivity (Wildman–Crippen MR) is 99.2 cm³/mol. The fourth-order valence-corrected chi connectivity index (χ4v) is 4.12. The standard InChI is InChI=1S/C19H21FN4O2S/c1-13(17(25)24(2)19(12-21)10-6-3-7-11-19)27-18-23-22-16(26-18)14-8-4-5-9-15(14)20/h4-5,8-9,13H,3,6-7,10-11H2,1-2H3/t13-/m1/s1. The third-order valence-corrected chi connectivity index (χ3v) is 5.92. The summed E-state index contributed by atoms with van der Waals surface area (Å²) >= 11 is 1.11. The second kappa shape index (κ2) is 8.09. The zero-order chi connectivity index (χ0) is 19.4. The fourth-order valence-electron chi connectivity index (χ4n) is 3.35. The van der Waals surface area contributed by atoms with Crippen molar-refractivity contribution < 1.29 is 13.6 Å². The first-order chi connectivity index (χ1) is 13.0. The number of carbonyl (C=O) groups is 1. The van der Waals surface area contributed by atoms with Crippen molar-refractivity contribution in [3.8, 4) is 17.5 Å². The first-order valence-corrected chi connectivity index (χ1v) is 9.79. The Bertz CT molecular complexity index is 857. The van der Waals surface area contributed by atoms with Crippen LogP contribution in [-0.2, 0) is 4.79 Å². The van der Waals surface area contributed by atoms with E-state index in [2.05, 4.69) is 16.3 Å². The molecule has 1 amide bonds. The van der Waals surface area contributed by atoms with Crippen LogP contribution in [0.25, 0.3) is 11.5 Å². The number of carbonyl (C=O) groups excluding carboxylic acids is 1. The summed E-state index contributed by atoms with van der Waals surface area (Å²) in [6.45, 7) is 1.74. The average Bonchev–Trinajstić information content (AvgIpc) is 3.15. The Balaban J connectivity index is 1.70. The van der Waals surface area contributed by atoms with Crippen LogP contribution in [0.5, 0.6) is 0 Å². The quantitative estimate of drug-likeness (QED) is 0.719. The van der Waals surface area contributed by atoms with Gasteiger partial charge in [-0.15, -0.1) is 10.2 Å². The Morgan fingerprint density at radius 2 is 2.04 bits per heavy atom. The number of nitriles is 1. The lowest BCUT2D eigenvalue weighted by molar-refractivity contribution is -0.133. The molecule has 2 aromatic rings. The molecule has 1 aromatic heterocycles. The van der Waals surface area contributed by atoms with E-state index in [-0.39, 0.29) is 22.6 Å². The molecule has 1 heterocycles. The number of benzene rings is 1. The Hall–Kier alpha value is -2.40. The van der Waals surface area contributed by atoms with E-state index in [0.717, 1.165) is 31.0 Å². The van der Waals surface area contributed by atoms with Crippen molar-refractivity contribution >= 4 is 17.7 Å². The number of hydrogen-bond donors (Lipinski definition) is 0. The van der Waals surface area contributed by atoms with Crippen LogP contribution in [-0.4, -0.2) is 38.8 Å². The van der Waals surface area contributed by atoms with E-state index in [0.29, 0.717) is 12.8 Å². The van der Waals surface area contributed by atoms with Gasteiger partial charge >= 0.3 is 0 Å². The number of thioether (sulfide) groups is 1. The molecule has 8 heteroatoms. The van der Waals surface area contributed by atoms with Gasteiger partial charge in [0.1, 0.15) is 11.4 Å². The van der Waals surface area contributed by atoms with Crippen LogP contribution >= 0.6 is 11.8 Å². The third kappa shape index (κ3) is 3.98. The zero-order valence-electron chi connectivity index (χ0n) is 15.3. The van der Waals surface area contributed by atoms with Gasteiger partial charge < -0.3 is 9.32 Å². The van der Waals surface area contributed by atoms with Crippen LogP contribution in [0, 0.1) is 17.1 Å². The van der Waals surface area contributed by atoms with Crippen molar-refractivity contribution in [3.63, 3.8) is 0 Å². The van der Waals surface area contributed by atoms with E-state index in [1.807, 2.05) is 0 Å². The molecule has 0 N–H and O–H groups in total. The van der Waals surface area contributed by atoms with Gasteiger partial charge in [-0.25, -0.2) is 4.39 Å². The lowest BCUT2D eigenvalue weighted by Crippen LogP contribution is -2.52. The van der Waals surface area contributed by atoms with E-state index in [1.165, 1.54) is 6.07 Å².